The summed E-state index contributed by atoms with van der Waals surface area (Å²) < 4.78 is 18.5. The van der Waals surface area contributed by atoms with Crippen LogP contribution in [0, 0.1) is 5.82 Å². The highest BCUT2D eigenvalue weighted by Gasteiger charge is 2.24. The number of benzene rings is 1. The second-order valence-electron chi connectivity index (χ2n) is 3.17. The van der Waals surface area contributed by atoms with E-state index in [-0.39, 0.29) is 5.82 Å². The van der Waals surface area contributed by atoms with Crippen molar-refractivity contribution in [1.29, 1.82) is 0 Å². The maximum absolute atomic E-state index is 13.4. The first-order valence-corrected chi connectivity index (χ1v) is 5.50. The summed E-state index contributed by atoms with van der Waals surface area (Å²) in [7, 11) is 1.55. The van der Waals surface area contributed by atoms with Gasteiger partial charge >= 0.3 is 0 Å². The Balaban J connectivity index is 2.57. The first-order chi connectivity index (χ1) is 6.74. The molecule has 0 fully saturated rings. The van der Waals surface area contributed by atoms with Gasteiger partial charge in [0.15, 0.2) is 0 Å². The molecule has 1 aliphatic heterocycles. The number of rotatable bonds is 1. The zero-order valence-corrected chi connectivity index (χ0v) is 8.60. The van der Waals surface area contributed by atoms with Gasteiger partial charge in [0.05, 0.1) is 13.2 Å². The predicted octanol–water partition coefficient (Wildman–Crippen LogP) is 2.11. The molecule has 2 rings (SSSR count). The topological polar surface area (TPSA) is 29.5 Å². The van der Waals surface area contributed by atoms with Crippen molar-refractivity contribution < 1.29 is 14.2 Å². The third-order valence-corrected chi connectivity index (χ3v) is 3.38. The summed E-state index contributed by atoms with van der Waals surface area (Å²) >= 11 is 1.59. The van der Waals surface area contributed by atoms with Crippen LogP contribution in [0.25, 0.3) is 0 Å². The zero-order chi connectivity index (χ0) is 10.1. The maximum Gasteiger partial charge on any atom is 0.129 e. The van der Waals surface area contributed by atoms with Crippen LogP contribution in [0.4, 0.5) is 4.39 Å². The number of hydrogen-bond donors (Lipinski definition) is 1. The van der Waals surface area contributed by atoms with Crippen molar-refractivity contribution in [2.24, 2.45) is 0 Å². The Morgan fingerprint density at radius 3 is 3.07 bits per heavy atom. The first-order valence-electron chi connectivity index (χ1n) is 4.35. The molecule has 1 atom stereocenters. The Bertz CT molecular complexity index is 354. The highest BCUT2D eigenvalue weighted by molar-refractivity contribution is 7.98. The van der Waals surface area contributed by atoms with Crippen molar-refractivity contribution in [3.8, 4) is 5.75 Å². The van der Waals surface area contributed by atoms with Gasteiger partial charge in [-0.2, -0.15) is 11.8 Å². The van der Waals surface area contributed by atoms with Gasteiger partial charge in [0.25, 0.3) is 0 Å². The van der Waals surface area contributed by atoms with Crippen molar-refractivity contribution in [3.05, 3.63) is 29.1 Å². The number of aliphatic hydroxyl groups excluding tert-OH is 1. The van der Waals surface area contributed by atoms with Gasteiger partial charge in [0.2, 0.25) is 0 Å². The van der Waals surface area contributed by atoms with Crippen molar-refractivity contribution in [2.75, 3.05) is 12.9 Å². The molecule has 0 saturated carbocycles. The minimum Gasteiger partial charge on any atom is -0.496 e. The van der Waals surface area contributed by atoms with Crippen LogP contribution in [0.3, 0.4) is 0 Å². The lowest BCUT2D eigenvalue weighted by Gasteiger charge is -2.23. The van der Waals surface area contributed by atoms with Gasteiger partial charge in [-0.1, -0.05) is 0 Å². The molecule has 0 bridgehead atoms. The standard InChI is InChI=1S/C10H11FO2S/c1-13-9-3-2-7(11)10-6(9)4-14-5-8(10)12/h2-3,8,12H,4-5H2,1H3. The van der Waals surface area contributed by atoms with E-state index in [9.17, 15) is 9.50 Å². The smallest absolute Gasteiger partial charge is 0.129 e. The largest absolute Gasteiger partial charge is 0.496 e. The average molecular weight is 214 g/mol. The monoisotopic (exact) mass is 214 g/mol. The summed E-state index contributed by atoms with van der Waals surface area (Å²) in [5.74, 6) is 1.57. The van der Waals surface area contributed by atoms with E-state index in [1.807, 2.05) is 0 Å². The molecule has 0 aromatic heterocycles. The van der Waals surface area contributed by atoms with E-state index in [4.69, 9.17) is 4.74 Å². The molecular formula is C10H11FO2S. The summed E-state index contributed by atoms with van der Waals surface area (Å²) in [6.45, 7) is 0. The van der Waals surface area contributed by atoms with E-state index in [1.54, 1.807) is 24.9 Å². The van der Waals surface area contributed by atoms with Crippen molar-refractivity contribution >= 4 is 11.8 Å². The van der Waals surface area contributed by atoms with Gasteiger partial charge in [-0.3, -0.25) is 0 Å². The number of fused-ring (bicyclic) bond motifs is 1. The van der Waals surface area contributed by atoms with Crippen molar-refractivity contribution in [2.45, 2.75) is 11.9 Å². The van der Waals surface area contributed by atoms with E-state index in [1.165, 1.54) is 6.07 Å². The van der Waals surface area contributed by atoms with Crippen LogP contribution in [0.15, 0.2) is 12.1 Å². The summed E-state index contributed by atoms with van der Waals surface area (Å²) in [6.07, 6.45) is -0.709. The van der Waals surface area contributed by atoms with Gasteiger partial charge < -0.3 is 9.84 Å². The molecule has 76 valence electrons. The fourth-order valence-electron chi connectivity index (χ4n) is 1.67. The molecule has 1 aliphatic rings. The molecule has 1 N–H and O–H groups in total. The van der Waals surface area contributed by atoms with Crippen LogP contribution in [-0.4, -0.2) is 18.0 Å². The lowest BCUT2D eigenvalue weighted by atomic mass is 10.0. The second-order valence-corrected chi connectivity index (χ2v) is 4.20. The van der Waals surface area contributed by atoms with E-state index >= 15 is 0 Å². The molecule has 1 heterocycles. The zero-order valence-electron chi connectivity index (χ0n) is 7.79. The molecule has 2 nitrogen and oxygen atoms in total. The molecule has 0 spiro atoms. The fourth-order valence-corrected chi connectivity index (χ4v) is 2.68. The highest BCUT2D eigenvalue weighted by atomic mass is 32.2. The first kappa shape index (κ1) is 9.80. The number of halogens is 1. The van der Waals surface area contributed by atoms with E-state index in [0.29, 0.717) is 22.8 Å². The lowest BCUT2D eigenvalue weighted by Crippen LogP contribution is -2.13. The van der Waals surface area contributed by atoms with E-state index in [0.717, 1.165) is 5.56 Å². The van der Waals surface area contributed by atoms with Crippen LogP contribution in [0.2, 0.25) is 0 Å². The molecule has 1 aromatic carbocycles. The Hall–Kier alpha value is -0.740. The van der Waals surface area contributed by atoms with Gasteiger partial charge in [-0.25, -0.2) is 4.39 Å². The average Bonchev–Trinajstić information content (AvgIpc) is 2.18. The quantitative estimate of drug-likeness (QED) is 0.776. The molecule has 14 heavy (non-hydrogen) atoms. The molecule has 1 unspecified atom stereocenters. The highest BCUT2D eigenvalue weighted by Crippen LogP contribution is 2.38. The molecule has 0 aliphatic carbocycles. The molecule has 0 amide bonds. The van der Waals surface area contributed by atoms with Crippen LogP contribution in [0.1, 0.15) is 17.2 Å². The summed E-state index contributed by atoms with van der Waals surface area (Å²) in [6, 6.07) is 2.95. The predicted molar refractivity (Wildman–Crippen MR) is 54.1 cm³/mol. The van der Waals surface area contributed by atoms with Crippen LogP contribution < -0.4 is 4.74 Å². The fraction of sp³-hybridized carbons (Fsp3) is 0.400. The minimum atomic E-state index is -0.709. The molecule has 0 radical (unpaired) electrons. The summed E-state index contributed by atoms with van der Waals surface area (Å²) in [4.78, 5) is 0. The van der Waals surface area contributed by atoms with E-state index in [2.05, 4.69) is 0 Å². The van der Waals surface area contributed by atoms with Crippen LogP contribution >= 0.6 is 11.8 Å². The maximum atomic E-state index is 13.4. The normalized spacial score (nSPS) is 20.4. The number of thioether (sulfide) groups is 1. The Kier molecular flexibility index (Phi) is 2.65. The van der Waals surface area contributed by atoms with Gasteiger partial charge in [0.1, 0.15) is 11.6 Å². The Morgan fingerprint density at radius 2 is 2.36 bits per heavy atom. The summed E-state index contributed by atoms with van der Waals surface area (Å²) in [5, 5.41) is 9.65. The Morgan fingerprint density at radius 1 is 1.57 bits per heavy atom. The summed E-state index contributed by atoms with van der Waals surface area (Å²) in [5.41, 5.74) is 1.19. The van der Waals surface area contributed by atoms with Gasteiger partial charge in [-0.05, 0) is 12.1 Å². The van der Waals surface area contributed by atoms with Gasteiger partial charge in [-0.15, -0.1) is 0 Å². The lowest BCUT2D eigenvalue weighted by molar-refractivity contribution is 0.195. The van der Waals surface area contributed by atoms with Crippen LogP contribution in [-0.2, 0) is 5.75 Å². The molecule has 1 aromatic rings. The third-order valence-electron chi connectivity index (χ3n) is 2.34. The number of aliphatic hydroxyl groups is 1. The van der Waals surface area contributed by atoms with Crippen LogP contribution in [0.5, 0.6) is 5.75 Å². The van der Waals surface area contributed by atoms with Crippen molar-refractivity contribution in [1.82, 2.24) is 0 Å². The van der Waals surface area contributed by atoms with Gasteiger partial charge in [0, 0.05) is 22.6 Å². The third kappa shape index (κ3) is 1.48. The van der Waals surface area contributed by atoms with E-state index < -0.39 is 6.10 Å². The Labute approximate surface area is 86.1 Å². The number of hydrogen-bond acceptors (Lipinski definition) is 3. The molecule has 4 heteroatoms. The molecular weight excluding hydrogens is 203 g/mol. The SMILES string of the molecule is COc1ccc(F)c2c1CSCC2O. The van der Waals surface area contributed by atoms with Crippen molar-refractivity contribution in [3.63, 3.8) is 0 Å². The second kappa shape index (κ2) is 3.79. The number of ether oxygens (including phenoxy) is 1. The number of methoxy groups -OCH3 is 1. The minimum absolute atomic E-state index is 0.339. The molecule has 0 saturated heterocycles.